The van der Waals surface area contributed by atoms with E-state index in [0.29, 0.717) is 12.4 Å². The summed E-state index contributed by atoms with van der Waals surface area (Å²) in [5.74, 6) is -0.532. The van der Waals surface area contributed by atoms with Crippen molar-refractivity contribution in [1.29, 1.82) is 0 Å². The second kappa shape index (κ2) is 7.46. The summed E-state index contributed by atoms with van der Waals surface area (Å²) in [4.78, 5) is 22.9. The molecule has 126 valence electrons. The standard InChI is InChI=1S/C17H23NO5/c1-12(18-16(21)17(2)8-3-9-22-11-17)13-4-6-14(7-5-13)23-10-15(19)20/h4-7,12H,3,8-11H2,1-2H3,(H,18,21)(H,19,20). The molecule has 2 atom stereocenters. The fraction of sp³-hybridized carbons (Fsp3) is 0.529. The molecule has 1 saturated heterocycles. The van der Waals surface area contributed by atoms with E-state index < -0.39 is 11.4 Å². The van der Waals surface area contributed by atoms with Gasteiger partial charge in [0, 0.05) is 6.61 Å². The molecule has 2 unspecified atom stereocenters. The molecule has 1 aliphatic heterocycles. The molecule has 1 amide bonds. The van der Waals surface area contributed by atoms with Gasteiger partial charge in [-0.05, 0) is 44.4 Å². The number of rotatable bonds is 6. The molecule has 0 aliphatic carbocycles. The topological polar surface area (TPSA) is 84.9 Å². The van der Waals surface area contributed by atoms with Crippen molar-refractivity contribution in [2.24, 2.45) is 5.41 Å². The molecule has 1 aromatic rings. The Kier molecular flexibility index (Phi) is 5.60. The third-order valence-corrected chi connectivity index (χ3v) is 4.08. The Morgan fingerprint density at radius 1 is 1.39 bits per heavy atom. The molecule has 0 aromatic heterocycles. The number of benzene rings is 1. The van der Waals surface area contributed by atoms with E-state index >= 15 is 0 Å². The Bertz CT molecular complexity index is 549. The Morgan fingerprint density at radius 3 is 2.65 bits per heavy atom. The normalized spacial score (nSPS) is 22.2. The molecule has 2 N–H and O–H groups in total. The highest BCUT2D eigenvalue weighted by molar-refractivity contribution is 5.82. The first kappa shape index (κ1) is 17.3. The zero-order chi connectivity index (χ0) is 16.9. The molecule has 1 aromatic carbocycles. The number of carbonyl (C=O) groups excluding carboxylic acids is 1. The van der Waals surface area contributed by atoms with Crippen LogP contribution in [0.3, 0.4) is 0 Å². The monoisotopic (exact) mass is 321 g/mol. The van der Waals surface area contributed by atoms with Crippen LogP contribution in [0.25, 0.3) is 0 Å². The maximum atomic E-state index is 12.5. The third kappa shape index (κ3) is 4.69. The maximum Gasteiger partial charge on any atom is 0.341 e. The highest BCUT2D eigenvalue weighted by atomic mass is 16.5. The van der Waals surface area contributed by atoms with E-state index in [4.69, 9.17) is 14.6 Å². The van der Waals surface area contributed by atoms with Crippen LogP contribution in [-0.2, 0) is 14.3 Å². The Morgan fingerprint density at radius 2 is 2.09 bits per heavy atom. The summed E-state index contributed by atoms with van der Waals surface area (Å²) in [6.45, 7) is 4.64. The molecule has 2 rings (SSSR count). The zero-order valence-corrected chi connectivity index (χ0v) is 13.5. The first-order valence-corrected chi connectivity index (χ1v) is 7.74. The van der Waals surface area contributed by atoms with Crippen molar-refractivity contribution in [3.63, 3.8) is 0 Å². The molecular formula is C17H23NO5. The largest absolute Gasteiger partial charge is 0.482 e. The van der Waals surface area contributed by atoms with Crippen LogP contribution < -0.4 is 10.1 Å². The van der Waals surface area contributed by atoms with Gasteiger partial charge in [-0.2, -0.15) is 0 Å². The van der Waals surface area contributed by atoms with Crippen molar-refractivity contribution in [2.45, 2.75) is 32.7 Å². The third-order valence-electron chi connectivity index (χ3n) is 4.08. The minimum absolute atomic E-state index is 0.00379. The predicted octanol–water partition coefficient (Wildman–Crippen LogP) is 2.14. The van der Waals surface area contributed by atoms with Crippen molar-refractivity contribution in [2.75, 3.05) is 19.8 Å². The van der Waals surface area contributed by atoms with Crippen LogP contribution >= 0.6 is 0 Å². The van der Waals surface area contributed by atoms with Crippen molar-refractivity contribution >= 4 is 11.9 Å². The van der Waals surface area contributed by atoms with Gasteiger partial charge < -0.3 is 19.9 Å². The number of carbonyl (C=O) groups is 2. The maximum absolute atomic E-state index is 12.5. The molecule has 1 heterocycles. The number of hydrogen-bond donors (Lipinski definition) is 2. The first-order chi connectivity index (χ1) is 10.9. The smallest absolute Gasteiger partial charge is 0.341 e. The SMILES string of the molecule is CC(NC(=O)C1(C)CCCOC1)c1ccc(OCC(=O)O)cc1. The molecule has 0 spiro atoms. The Labute approximate surface area is 135 Å². The van der Waals surface area contributed by atoms with Gasteiger partial charge in [-0.1, -0.05) is 12.1 Å². The molecule has 23 heavy (non-hydrogen) atoms. The van der Waals surface area contributed by atoms with Gasteiger partial charge in [-0.3, -0.25) is 4.79 Å². The molecule has 6 heteroatoms. The van der Waals surface area contributed by atoms with Gasteiger partial charge in [0.05, 0.1) is 18.1 Å². The molecule has 0 bridgehead atoms. The van der Waals surface area contributed by atoms with Gasteiger partial charge in [0.2, 0.25) is 5.91 Å². The Balaban J connectivity index is 1.93. The highest BCUT2D eigenvalue weighted by Crippen LogP contribution is 2.29. The van der Waals surface area contributed by atoms with Gasteiger partial charge >= 0.3 is 5.97 Å². The lowest BCUT2D eigenvalue weighted by Crippen LogP contribution is -2.45. The van der Waals surface area contributed by atoms with Crippen molar-refractivity contribution < 1.29 is 24.2 Å². The summed E-state index contributed by atoms with van der Waals surface area (Å²) in [5.41, 5.74) is 0.457. The van der Waals surface area contributed by atoms with Gasteiger partial charge in [0.15, 0.2) is 6.61 Å². The van der Waals surface area contributed by atoms with E-state index in [2.05, 4.69) is 5.32 Å². The van der Waals surface area contributed by atoms with Crippen LogP contribution in [0, 0.1) is 5.41 Å². The molecule has 1 aliphatic rings. The quantitative estimate of drug-likeness (QED) is 0.838. The number of nitrogens with one attached hydrogen (secondary N) is 1. The van der Waals surface area contributed by atoms with Gasteiger partial charge in [0.1, 0.15) is 5.75 Å². The fourth-order valence-corrected chi connectivity index (χ4v) is 2.57. The van der Waals surface area contributed by atoms with Crippen LogP contribution in [0.4, 0.5) is 0 Å². The highest BCUT2D eigenvalue weighted by Gasteiger charge is 2.36. The zero-order valence-electron chi connectivity index (χ0n) is 13.5. The minimum atomic E-state index is -1.02. The summed E-state index contributed by atoms with van der Waals surface area (Å²) in [6, 6.07) is 6.90. The van der Waals surface area contributed by atoms with E-state index in [9.17, 15) is 9.59 Å². The van der Waals surface area contributed by atoms with Crippen LogP contribution in [0.1, 0.15) is 38.3 Å². The van der Waals surface area contributed by atoms with Crippen LogP contribution in [0.5, 0.6) is 5.75 Å². The molecule has 1 fully saturated rings. The number of hydrogen-bond acceptors (Lipinski definition) is 4. The van der Waals surface area contributed by atoms with E-state index in [1.54, 1.807) is 12.1 Å². The van der Waals surface area contributed by atoms with Gasteiger partial charge in [-0.25, -0.2) is 4.79 Å². The molecular weight excluding hydrogens is 298 g/mol. The lowest BCUT2D eigenvalue weighted by Gasteiger charge is -2.33. The van der Waals surface area contributed by atoms with Crippen LogP contribution in [0.15, 0.2) is 24.3 Å². The number of carboxylic acids is 1. The summed E-state index contributed by atoms with van der Waals surface area (Å²) >= 11 is 0. The average Bonchev–Trinajstić information content (AvgIpc) is 2.54. The van der Waals surface area contributed by atoms with Crippen molar-refractivity contribution in [1.82, 2.24) is 5.32 Å². The lowest BCUT2D eigenvalue weighted by atomic mass is 9.83. The molecule has 0 saturated carbocycles. The predicted molar refractivity (Wildman–Crippen MR) is 84.3 cm³/mol. The van der Waals surface area contributed by atoms with E-state index in [1.165, 1.54) is 0 Å². The van der Waals surface area contributed by atoms with Gasteiger partial charge in [-0.15, -0.1) is 0 Å². The van der Waals surface area contributed by atoms with Crippen molar-refractivity contribution in [3.05, 3.63) is 29.8 Å². The summed E-state index contributed by atoms with van der Waals surface area (Å²) in [5, 5.41) is 11.6. The number of amides is 1. The molecule has 0 radical (unpaired) electrons. The summed E-state index contributed by atoms with van der Waals surface area (Å²) in [7, 11) is 0. The van der Waals surface area contributed by atoms with Crippen LogP contribution in [-0.4, -0.2) is 36.8 Å². The lowest BCUT2D eigenvalue weighted by molar-refractivity contribution is -0.139. The number of aliphatic carboxylic acids is 1. The number of ether oxygens (including phenoxy) is 2. The van der Waals surface area contributed by atoms with Gasteiger partial charge in [0.25, 0.3) is 0 Å². The van der Waals surface area contributed by atoms with E-state index in [-0.39, 0.29) is 18.6 Å². The first-order valence-electron chi connectivity index (χ1n) is 7.74. The summed E-state index contributed by atoms with van der Waals surface area (Å²) in [6.07, 6.45) is 1.72. The second-order valence-electron chi connectivity index (χ2n) is 6.16. The average molecular weight is 321 g/mol. The van der Waals surface area contributed by atoms with E-state index in [0.717, 1.165) is 25.0 Å². The summed E-state index contributed by atoms with van der Waals surface area (Å²) < 4.78 is 10.5. The molecule has 6 nitrogen and oxygen atoms in total. The van der Waals surface area contributed by atoms with Crippen LogP contribution in [0.2, 0.25) is 0 Å². The minimum Gasteiger partial charge on any atom is -0.482 e. The second-order valence-corrected chi connectivity index (χ2v) is 6.16. The van der Waals surface area contributed by atoms with Crippen molar-refractivity contribution in [3.8, 4) is 5.75 Å². The fourth-order valence-electron chi connectivity index (χ4n) is 2.57. The van der Waals surface area contributed by atoms with E-state index in [1.807, 2.05) is 26.0 Å². The Hall–Kier alpha value is -2.08. The number of carboxylic acid groups (broad SMARTS) is 1.